The lowest BCUT2D eigenvalue weighted by atomic mass is 10.1. The maximum Gasteiger partial charge on any atom is 0.313 e. The maximum atomic E-state index is 10.6. The predicted molar refractivity (Wildman–Crippen MR) is 73.5 cm³/mol. The van der Waals surface area contributed by atoms with Crippen molar-refractivity contribution in [1.29, 1.82) is 0 Å². The summed E-state index contributed by atoms with van der Waals surface area (Å²) in [6, 6.07) is 8.81. The summed E-state index contributed by atoms with van der Waals surface area (Å²) in [5.41, 5.74) is 2.77. The highest BCUT2D eigenvalue weighted by molar-refractivity contribution is 7.99. The first kappa shape index (κ1) is 12.3. The van der Waals surface area contributed by atoms with Crippen molar-refractivity contribution >= 4 is 17.7 Å². The van der Waals surface area contributed by atoms with Gasteiger partial charge in [-0.15, -0.1) is 0 Å². The molecule has 0 atom stereocenters. The Hall–Kier alpha value is -1.75. The summed E-state index contributed by atoms with van der Waals surface area (Å²) in [7, 11) is 0. The third-order valence-corrected chi connectivity index (χ3v) is 4.35. The van der Waals surface area contributed by atoms with Gasteiger partial charge >= 0.3 is 5.97 Å². The fraction of sp³-hybridized carbons (Fsp3) is 0.286. The Kier molecular flexibility index (Phi) is 3.29. The fourth-order valence-corrected chi connectivity index (χ4v) is 3.29. The van der Waals surface area contributed by atoms with Gasteiger partial charge in [-0.1, -0.05) is 36.0 Å². The number of imidazole rings is 1. The van der Waals surface area contributed by atoms with Gasteiger partial charge < -0.3 is 9.67 Å². The number of thioether (sulfide) groups is 1. The molecule has 0 fully saturated rings. The van der Waals surface area contributed by atoms with Gasteiger partial charge in [-0.05, 0) is 24.0 Å². The van der Waals surface area contributed by atoms with Gasteiger partial charge in [0, 0.05) is 18.4 Å². The number of hydrogen-bond acceptors (Lipinski definition) is 3. The van der Waals surface area contributed by atoms with Gasteiger partial charge in [0.1, 0.15) is 0 Å². The molecule has 0 bridgehead atoms. The molecule has 0 aliphatic heterocycles. The maximum absolute atomic E-state index is 10.6. The number of rotatable bonds is 4. The summed E-state index contributed by atoms with van der Waals surface area (Å²) in [6.45, 7) is 0. The van der Waals surface area contributed by atoms with E-state index in [0.717, 1.165) is 18.0 Å². The number of aliphatic carboxylic acids is 1. The molecule has 1 N–H and O–H groups in total. The number of benzene rings is 1. The molecular weight excluding hydrogens is 260 g/mol. The van der Waals surface area contributed by atoms with E-state index in [4.69, 9.17) is 5.11 Å². The Labute approximate surface area is 115 Å². The number of aromatic nitrogens is 2. The van der Waals surface area contributed by atoms with Crippen LogP contribution < -0.4 is 0 Å². The molecule has 0 radical (unpaired) electrons. The van der Waals surface area contributed by atoms with E-state index in [1.54, 1.807) is 6.20 Å². The summed E-state index contributed by atoms with van der Waals surface area (Å²) in [5, 5.41) is 9.54. The minimum Gasteiger partial charge on any atom is -0.481 e. The van der Waals surface area contributed by atoms with Crippen molar-refractivity contribution in [1.82, 2.24) is 9.55 Å². The van der Waals surface area contributed by atoms with Crippen molar-refractivity contribution in [3.8, 4) is 0 Å². The molecule has 0 spiro atoms. The summed E-state index contributed by atoms with van der Waals surface area (Å²) < 4.78 is 2.10. The fourth-order valence-electron chi connectivity index (χ4n) is 2.55. The van der Waals surface area contributed by atoms with E-state index in [9.17, 15) is 4.79 Å². The summed E-state index contributed by atoms with van der Waals surface area (Å²) >= 11 is 1.28. The molecule has 1 aromatic heterocycles. The lowest BCUT2D eigenvalue weighted by molar-refractivity contribution is -0.133. The third kappa shape index (κ3) is 2.51. The van der Waals surface area contributed by atoms with E-state index in [-0.39, 0.29) is 5.75 Å². The van der Waals surface area contributed by atoms with Crippen LogP contribution in [0.5, 0.6) is 0 Å². The van der Waals surface area contributed by atoms with Crippen molar-refractivity contribution in [3.05, 3.63) is 47.8 Å². The topological polar surface area (TPSA) is 55.1 Å². The average Bonchev–Trinajstić information content (AvgIpc) is 3.02. The summed E-state index contributed by atoms with van der Waals surface area (Å²) in [5.74, 6) is -0.759. The van der Waals surface area contributed by atoms with E-state index in [1.165, 1.54) is 22.9 Å². The van der Waals surface area contributed by atoms with Gasteiger partial charge in [0.15, 0.2) is 5.16 Å². The molecule has 0 saturated heterocycles. The second-order valence-electron chi connectivity index (χ2n) is 4.63. The molecule has 98 valence electrons. The Balaban J connectivity index is 1.78. The third-order valence-electron chi connectivity index (χ3n) is 3.38. The number of hydrogen-bond donors (Lipinski definition) is 1. The first-order valence-electron chi connectivity index (χ1n) is 6.18. The Morgan fingerprint density at radius 3 is 2.68 bits per heavy atom. The average molecular weight is 274 g/mol. The molecule has 0 amide bonds. The minimum absolute atomic E-state index is 0.0523. The van der Waals surface area contributed by atoms with Gasteiger partial charge in [-0.3, -0.25) is 4.79 Å². The highest BCUT2D eigenvalue weighted by atomic mass is 32.2. The number of fused-ring (bicyclic) bond motifs is 1. The van der Waals surface area contributed by atoms with Crippen LogP contribution in [0.1, 0.15) is 17.2 Å². The van der Waals surface area contributed by atoms with Crippen LogP contribution in [0.2, 0.25) is 0 Å². The van der Waals surface area contributed by atoms with Gasteiger partial charge in [-0.2, -0.15) is 0 Å². The standard InChI is InChI=1S/C14H14N2O2S/c17-13(18)9-19-14-15-5-6-16(14)12-7-10-3-1-2-4-11(10)8-12/h1-6,12H,7-9H2,(H,17,18). The summed E-state index contributed by atoms with van der Waals surface area (Å²) in [6.07, 6.45) is 5.67. The van der Waals surface area contributed by atoms with Gasteiger partial charge in [0.2, 0.25) is 0 Å². The van der Waals surface area contributed by atoms with Crippen LogP contribution in [0.15, 0.2) is 41.8 Å². The van der Waals surface area contributed by atoms with Gasteiger partial charge in [0.05, 0.1) is 5.75 Å². The number of nitrogens with zero attached hydrogens (tertiary/aromatic N) is 2. The van der Waals surface area contributed by atoms with Crippen LogP contribution in [0.25, 0.3) is 0 Å². The van der Waals surface area contributed by atoms with Crippen molar-refractivity contribution < 1.29 is 9.90 Å². The quantitative estimate of drug-likeness (QED) is 0.870. The van der Waals surface area contributed by atoms with Crippen LogP contribution in [-0.4, -0.2) is 26.4 Å². The van der Waals surface area contributed by atoms with Crippen LogP contribution in [-0.2, 0) is 17.6 Å². The molecule has 2 aromatic rings. The van der Waals surface area contributed by atoms with Crippen LogP contribution in [0.3, 0.4) is 0 Å². The van der Waals surface area contributed by atoms with E-state index in [2.05, 4.69) is 33.8 Å². The Morgan fingerprint density at radius 2 is 2.05 bits per heavy atom. The zero-order chi connectivity index (χ0) is 13.2. The molecule has 3 rings (SSSR count). The number of carboxylic acids is 1. The van der Waals surface area contributed by atoms with E-state index in [0.29, 0.717) is 6.04 Å². The zero-order valence-electron chi connectivity index (χ0n) is 10.3. The second-order valence-corrected chi connectivity index (χ2v) is 5.57. The van der Waals surface area contributed by atoms with Crippen molar-refractivity contribution in [3.63, 3.8) is 0 Å². The summed E-state index contributed by atoms with van der Waals surface area (Å²) in [4.78, 5) is 14.9. The number of carboxylic acid groups (broad SMARTS) is 1. The normalized spacial score (nSPS) is 14.5. The zero-order valence-corrected chi connectivity index (χ0v) is 11.1. The molecule has 5 heteroatoms. The molecular formula is C14H14N2O2S. The minimum atomic E-state index is -0.811. The predicted octanol–water partition coefficient (Wildman–Crippen LogP) is 2.40. The van der Waals surface area contributed by atoms with E-state index < -0.39 is 5.97 Å². The van der Waals surface area contributed by atoms with E-state index >= 15 is 0 Å². The molecule has 1 aliphatic rings. The molecule has 1 aromatic carbocycles. The Bertz CT molecular complexity index is 584. The van der Waals surface area contributed by atoms with Gasteiger partial charge in [-0.25, -0.2) is 4.98 Å². The lowest BCUT2D eigenvalue weighted by Crippen LogP contribution is -2.10. The molecule has 1 heterocycles. The molecule has 4 nitrogen and oxygen atoms in total. The first-order valence-corrected chi connectivity index (χ1v) is 7.17. The number of carbonyl (C=O) groups is 1. The van der Waals surface area contributed by atoms with Crippen molar-refractivity contribution in [2.75, 3.05) is 5.75 Å². The highest BCUT2D eigenvalue weighted by Gasteiger charge is 2.24. The largest absolute Gasteiger partial charge is 0.481 e. The molecule has 0 saturated carbocycles. The van der Waals surface area contributed by atoms with Crippen LogP contribution in [0, 0.1) is 0 Å². The molecule has 19 heavy (non-hydrogen) atoms. The smallest absolute Gasteiger partial charge is 0.313 e. The molecule has 1 aliphatic carbocycles. The monoisotopic (exact) mass is 274 g/mol. The second kappa shape index (κ2) is 5.09. The van der Waals surface area contributed by atoms with Crippen molar-refractivity contribution in [2.45, 2.75) is 24.0 Å². The first-order chi connectivity index (χ1) is 9.24. The highest BCUT2D eigenvalue weighted by Crippen LogP contribution is 2.32. The van der Waals surface area contributed by atoms with Crippen LogP contribution in [0.4, 0.5) is 0 Å². The van der Waals surface area contributed by atoms with Crippen molar-refractivity contribution in [2.24, 2.45) is 0 Å². The van der Waals surface area contributed by atoms with E-state index in [1.807, 2.05) is 6.20 Å². The molecule has 0 unspecified atom stereocenters. The van der Waals surface area contributed by atoms with Crippen LogP contribution >= 0.6 is 11.8 Å². The SMILES string of the molecule is O=C(O)CSc1nccn1C1Cc2ccccc2C1. The Morgan fingerprint density at radius 1 is 1.37 bits per heavy atom. The lowest BCUT2D eigenvalue weighted by Gasteiger charge is -2.14. The van der Waals surface area contributed by atoms with Gasteiger partial charge in [0.25, 0.3) is 0 Å².